The second-order valence-electron chi connectivity index (χ2n) is 7.13. The molecule has 0 aliphatic rings. The predicted octanol–water partition coefficient (Wildman–Crippen LogP) is 1.23. The fourth-order valence-corrected chi connectivity index (χ4v) is 1.97. The molecule has 2 amide bonds. The van der Waals surface area contributed by atoms with E-state index >= 15 is 0 Å². The van der Waals surface area contributed by atoms with Crippen LogP contribution in [0.15, 0.2) is 0 Å². The Bertz CT molecular complexity index is 519. The van der Waals surface area contributed by atoms with Crippen molar-refractivity contribution >= 4 is 18.0 Å². The van der Waals surface area contributed by atoms with Crippen LogP contribution in [0.25, 0.3) is 0 Å². The van der Waals surface area contributed by atoms with E-state index in [-0.39, 0.29) is 19.1 Å². The highest BCUT2D eigenvalue weighted by molar-refractivity contribution is 5.89. The molecule has 0 unspecified atom stereocenters. The van der Waals surface area contributed by atoms with Crippen LogP contribution in [0.2, 0.25) is 0 Å². The van der Waals surface area contributed by atoms with Gasteiger partial charge in [0.2, 0.25) is 5.91 Å². The monoisotopic (exact) mass is 370 g/mol. The van der Waals surface area contributed by atoms with Crippen LogP contribution in [0.5, 0.6) is 0 Å². The fourth-order valence-electron chi connectivity index (χ4n) is 1.97. The first-order valence-electron chi connectivity index (χ1n) is 8.39. The average Bonchev–Trinajstić information content (AvgIpc) is 2.50. The molecule has 0 saturated heterocycles. The molecule has 0 rings (SSSR count). The summed E-state index contributed by atoms with van der Waals surface area (Å²) in [5, 5.41) is 5.01. The summed E-state index contributed by atoms with van der Waals surface area (Å²) in [6.07, 6.45) is 4.73. The number of carbonyl (C=O) groups excluding carboxylic acids is 3. The van der Waals surface area contributed by atoms with Gasteiger partial charge < -0.3 is 24.8 Å². The van der Waals surface area contributed by atoms with Gasteiger partial charge in [0.15, 0.2) is 0 Å². The molecule has 0 aliphatic heterocycles. The molecule has 0 aromatic heterocycles. The molecular formula is C18H30N2O6. The van der Waals surface area contributed by atoms with Gasteiger partial charge in [-0.2, -0.15) is 0 Å². The molecule has 148 valence electrons. The van der Waals surface area contributed by atoms with Gasteiger partial charge in [0.25, 0.3) is 0 Å². The number of esters is 1. The number of terminal acetylenes is 1. The maximum Gasteiger partial charge on any atom is 0.408 e. The lowest BCUT2D eigenvalue weighted by Crippen LogP contribution is -2.54. The van der Waals surface area contributed by atoms with E-state index in [1.165, 1.54) is 7.11 Å². The van der Waals surface area contributed by atoms with E-state index in [0.29, 0.717) is 6.42 Å². The molecule has 0 aromatic rings. The summed E-state index contributed by atoms with van der Waals surface area (Å²) >= 11 is 0. The lowest BCUT2D eigenvalue weighted by Gasteiger charge is -2.25. The van der Waals surface area contributed by atoms with Crippen LogP contribution >= 0.6 is 0 Å². The second kappa shape index (κ2) is 11.4. The minimum atomic E-state index is -1.07. The number of nitrogens with one attached hydrogen (secondary N) is 2. The third kappa shape index (κ3) is 10.6. The SMILES string of the molecule is C#CCOC[C@H](NC(=O)OC(C)(C)C)C(=O)N[C@@H](CC(C)C)C(=O)OC. The zero-order chi connectivity index (χ0) is 20.3. The minimum Gasteiger partial charge on any atom is -0.467 e. The van der Waals surface area contributed by atoms with Gasteiger partial charge in [0.1, 0.15) is 24.3 Å². The Morgan fingerprint density at radius 1 is 1.12 bits per heavy atom. The molecule has 8 nitrogen and oxygen atoms in total. The summed E-state index contributed by atoms with van der Waals surface area (Å²) in [4.78, 5) is 36.4. The number of rotatable bonds is 9. The summed E-state index contributed by atoms with van der Waals surface area (Å²) in [5.41, 5.74) is -0.725. The molecule has 2 N–H and O–H groups in total. The van der Waals surface area contributed by atoms with E-state index in [2.05, 4.69) is 16.6 Å². The first-order chi connectivity index (χ1) is 12.0. The van der Waals surface area contributed by atoms with Crippen LogP contribution < -0.4 is 10.6 Å². The number of carbonyl (C=O) groups is 3. The molecule has 26 heavy (non-hydrogen) atoms. The van der Waals surface area contributed by atoms with Crippen LogP contribution in [-0.2, 0) is 23.8 Å². The normalized spacial score (nSPS) is 13.3. The highest BCUT2D eigenvalue weighted by atomic mass is 16.6. The molecule has 0 saturated carbocycles. The Kier molecular flexibility index (Phi) is 10.4. The van der Waals surface area contributed by atoms with Crippen molar-refractivity contribution in [1.29, 1.82) is 0 Å². The van der Waals surface area contributed by atoms with Crippen molar-refractivity contribution in [2.45, 2.75) is 58.7 Å². The van der Waals surface area contributed by atoms with Gasteiger partial charge in [0.05, 0.1) is 13.7 Å². The van der Waals surface area contributed by atoms with Crippen LogP contribution in [0.1, 0.15) is 41.0 Å². The second-order valence-corrected chi connectivity index (χ2v) is 7.13. The fraction of sp³-hybridized carbons (Fsp3) is 0.722. The minimum absolute atomic E-state index is 0.0216. The van der Waals surface area contributed by atoms with Gasteiger partial charge in [-0.1, -0.05) is 19.8 Å². The highest BCUT2D eigenvalue weighted by Gasteiger charge is 2.29. The molecule has 0 spiro atoms. The molecular weight excluding hydrogens is 340 g/mol. The zero-order valence-electron chi connectivity index (χ0n) is 16.4. The Hall–Kier alpha value is -2.27. The number of hydrogen-bond acceptors (Lipinski definition) is 6. The van der Waals surface area contributed by atoms with E-state index in [4.69, 9.17) is 20.6 Å². The summed E-state index contributed by atoms with van der Waals surface area (Å²) in [6, 6.07) is -1.90. The number of amides is 2. The highest BCUT2D eigenvalue weighted by Crippen LogP contribution is 2.08. The predicted molar refractivity (Wildman–Crippen MR) is 96.2 cm³/mol. The van der Waals surface area contributed by atoms with Gasteiger partial charge in [-0.05, 0) is 33.1 Å². The largest absolute Gasteiger partial charge is 0.467 e. The molecule has 0 fully saturated rings. The smallest absolute Gasteiger partial charge is 0.408 e. The average molecular weight is 370 g/mol. The zero-order valence-corrected chi connectivity index (χ0v) is 16.4. The number of hydrogen-bond donors (Lipinski definition) is 2. The van der Waals surface area contributed by atoms with E-state index in [1.54, 1.807) is 20.8 Å². The van der Waals surface area contributed by atoms with Crippen molar-refractivity contribution in [2.24, 2.45) is 5.92 Å². The van der Waals surface area contributed by atoms with E-state index in [0.717, 1.165) is 0 Å². The van der Waals surface area contributed by atoms with Gasteiger partial charge in [-0.3, -0.25) is 4.79 Å². The first kappa shape index (κ1) is 23.7. The summed E-state index contributed by atoms with van der Waals surface area (Å²) in [6.45, 7) is 8.74. The van der Waals surface area contributed by atoms with Gasteiger partial charge in [-0.15, -0.1) is 6.42 Å². The quantitative estimate of drug-likeness (QED) is 0.360. The number of alkyl carbamates (subject to hydrolysis) is 1. The van der Waals surface area contributed by atoms with E-state index in [1.807, 2.05) is 13.8 Å². The van der Waals surface area contributed by atoms with E-state index in [9.17, 15) is 14.4 Å². The third-order valence-corrected chi connectivity index (χ3v) is 2.99. The maximum absolute atomic E-state index is 12.5. The summed E-state index contributed by atoms with van der Waals surface area (Å²) < 4.78 is 15.0. The molecule has 2 atom stereocenters. The van der Waals surface area contributed by atoms with Crippen molar-refractivity contribution < 1.29 is 28.6 Å². The maximum atomic E-state index is 12.5. The number of ether oxygens (including phenoxy) is 3. The summed E-state index contributed by atoms with van der Waals surface area (Å²) in [5.74, 6) is 1.27. The first-order valence-corrected chi connectivity index (χ1v) is 8.39. The van der Waals surface area contributed by atoms with Crippen molar-refractivity contribution in [1.82, 2.24) is 10.6 Å². The Morgan fingerprint density at radius 2 is 1.73 bits per heavy atom. The van der Waals surface area contributed by atoms with Gasteiger partial charge >= 0.3 is 12.1 Å². The lowest BCUT2D eigenvalue weighted by molar-refractivity contribution is -0.146. The van der Waals surface area contributed by atoms with Crippen molar-refractivity contribution in [3.05, 3.63) is 0 Å². The molecule has 8 heteroatoms. The van der Waals surface area contributed by atoms with Crippen molar-refractivity contribution in [2.75, 3.05) is 20.3 Å². The molecule has 0 aromatic carbocycles. The molecule has 0 aliphatic carbocycles. The van der Waals surface area contributed by atoms with Gasteiger partial charge in [0, 0.05) is 0 Å². The van der Waals surface area contributed by atoms with Crippen molar-refractivity contribution in [3.8, 4) is 12.3 Å². The topological polar surface area (TPSA) is 103 Å². The number of methoxy groups -OCH3 is 1. The standard InChI is InChI=1S/C18H30N2O6/c1-8-9-25-11-14(20-17(23)26-18(4,5)6)15(21)19-13(10-12(2)3)16(22)24-7/h1,12-14H,9-11H2,2-7H3,(H,19,21)(H,20,23)/t13-,14-/m0/s1. The molecule has 0 heterocycles. The summed E-state index contributed by atoms with van der Waals surface area (Å²) in [7, 11) is 1.24. The van der Waals surface area contributed by atoms with E-state index < -0.39 is 35.7 Å². The lowest BCUT2D eigenvalue weighted by atomic mass is 10.0. The van der Waals surface area contributed by atoms with Crippen molar-refractivity contribution in [3.63, 3.8) is 0 Å². The molecule has 0 bridgehead atoms. The van der Waals surface area contributed by atoms with Gasteiger partial charge in [-0.25, -0.2) is 9.59 Å². The Balaban J connectivity index is 5.08. The third-order valence-electron chi connectivity index (χ3n) is 2.99. The van der Waals surface area contributed by atoms with Crippen LogP contribution in [0, 0.1) is 18.3 Å². The van der Waals surface area contributed by atoms with Crippen LogP contribution in [-0.4, -0.2) is 56.0 Å². The van der Waals surface area contributed by atoms with Crippen LogP contribution in [0.3, 0.4) is 0 Å². The molecule has 0 radical (unpaired) electrons. The Labute approximate surface area is 155 Å². The Morgan fingerprint density at radius 3 is 2.19 bits per heavy atom. The van der Waals surface area contributed by atoms with Crippen LogP contribution in [0.4, 0.5) is 4.79 Å².